The number of carbonyl (C=O) groups excluding carboxylic acids is 2. The van der Waals surface area contributed by atoms with E-state index in [0.29, 0.717) is 25.0 Å². The predicted octanol–water partition coefficient (Wildman–Crippen LogP) is 5.10. The first kappa shape index (κ1) is 23.6. The highest BCUT2D eigenvalue weighted by molar-refractivity contribution is 8.78. The van der Waals surface area contributed by atoms with E-state index >= 15 is 0 Å². The van der Waals surface area contributed by atoms with Crippen LogP contribution in [0.5, 0.6) is 0 Å². The zero-order valence-corrected chi connectivity index (χ0v) is 18.1. The summed E-state index contributed by atoms with van der Waals surface area (Å²) in [7, 11) is 2.73. The number of hydrogen-bond acceptors (Lipinski definition) is 6. The summed E-state index contributed by atoms with van der Waals surface area (Å²) in [4.78, 5) is 24.5. The number of rotatable bonds is 11. The Kier molecular flexibility index (Phi) is 10.4. The summed E-state index contributed by atoms with van der Waals surface area (Å²) in [6, 6.07) is 0. The van der Waals surface area contributed by atoms with Gasteiger partial charge in [0.1, 0.15) is 9.49 Å². The van der Waals surface area contributed by atoms with E-state index in [0.717, 1.165) is 12.8 Å². The Morgan fingerprint density at radius 2 is 1.08 bits per heavy atom. The van der Waals surface area contributed by atoms with Crippen LogP contribution in [-0.4, -0.2) is 34.6 Å². The van der Waals surface area contributed by atoms with Crippen LogP contribution in [0, 0.1) is 11.8 Å². The zero-order valence-electron chi connectivity index (χ0n) is 16.4. The lowest BCUT2D eigenvalue weighted by atomic mass is 10.1. The van der Waals surface area contributed by atoms with E-state index in [-0.39, 0.29) is 11.9 Å². The summed E-state index contributed by atoms with van der Waals surface area (Å²) in [6.07, 6.45) is 1.95. The Bertz CT molecular complexity index is 370. The van der Waals surface area contributed by atoms with Crippen molar-refractivity contribution in [2.75, 3.05) is 13.2 Å². The Morgan fingerprint density at radius 1 is 0.792 bits per heavy atom. The van der Waals surface area contributed by atoms with Gasteiger partial charge in [0.2, 0.25) is 0 Å². The van der Waals surface area contributed by atoms with Crippen LogP contribution >= 0.6 is 21.6 Å². The van der Waals surface area contributed by atoms with Gasteiger partial charge in [-0.2, -0.15) is 0 Å². The molecular formula is C18H34O4S2. The molecule has 0 heterocycles. The van der Waals surface area contributed by atoms with Crippen LogP contribution in [0.15, 0.2) is 0 Å². The molecule has 0 saturated heterocycles. The molecule has 0 amide bonds. The van der Waals surface area contributed by atoms with Crippen LogP contribution in [-0.2, 0) is 19.1 Å². The molecule has 0 radical (unpaired) electrons. The van der Waals surface area contributed by atoms with E-state index in [9.17, 15) is 9.59 Å². The first-order valence-electron chi connectivity index (χ1n) is 8.67. The average Bonchev–Trinajstić information content (AvgIpc) is 2.54. The lowest BCUT2D eigenvalue weighted by Crippen LogP contribution is -2.34. The van der Waals surface area contributed by atoms with Gasteiger partial charge in [-0.3, -0.25) is 9.59 Å². The van der Waals surface area contributed by atoms with E-state index in [4.69, 9.17) is 9.47 Å². The van der Waals surface area contributed by atoms with Crippen molar-refractivity contribution in [3.05, 3.63) is 0 Å². The molecule has 4 nitrogen and oxygen atoms in total. The largest absolute Gasteiger partial charge is 0.464 e. The minimum absolute atomic E-state index is 0.246. The maximum atomic E-state index is 12.3. The maximum absolute atomic E-state index is 12.3. The molecule has 0 aromatic heterocycles. The fraction of sp³-hybridized carbons (Fsp3) is 0.889. The molecule has 0 aliphatic heterocycles. The molecule has 2 atom stereocenters. The highest BCUT2D eigenvalue weighted by Crippen LogP contribution is 2.44. The second kappa shape index (κ2) is 10.6. The van der Waals surface area contributed by atoms with E-state index < -0.39 is 9.49 Å². The SMILES string of the molecule is CCC(C)COC(=O)C(C)(C)SSC(C)(C)C(=O)OCC(C)CC. The van der Waals surface area contributed by atoms with Crippen molar-refractivity contribution in [1.29, 1.82) is 0 Å². The molecular weight excluding hydrogens is 344 g/mol. The van der Waals surface area contributed by atoms with Crippen LogP contribution in [0.1, 0.15) is 68.2 Å². The molecule has 2 unspecified atom stereocenters. The zero-order chi connectivity index (χ0) is 19.0. The Labute approximate surface area is 155 Å². The van der Waals surface area contributed by atoms with E-state index in [2.05, 4.69) is 27.7 Å². The van der Waals surface area contributed by atoms with Crippen molar-refractivity contribution in [3.63, 3.8) is 0 Å². The number of ether oxygens (including phenoxy) is 2. The molecule has 6 heteroatoms. The van der Waals surface area contributed by atoms with Crippen LogP contribution < -0.4 is 0 Å². The molecule has 0 aromatic carbocycles. The van der Waals surface area contributed by atoms with Crippen molar-refractivity contribution in [3.8, 4) is 0 Å². The predicted molar refractivity (Wildman–Crippen MR) is 104 cm³/mol. The normalized spacial score (nSPS) is 14.8. The molecule has 0 N–H and O–H groups in total. The van der Waals surface area contributed by atoms with Crippen molar-refractivity contribution >= 4 is 33.5 Å². The third kappa shape index (κ3) is 8.65. The van der Waals surface area contributed by atoms with Gasteiger partial charge in [0.25, 0.3) is 0 Å². The smallest absolute Gasteiger partial charge is 0.322 e. The van der Waals surface area contributed by atoms with Crippen LogP contribution in [0.3, 0.4) is 0 Å². The number of hydrogen-bond donors (Lipinski definition) is 0. The van der Waals surface area contributed by atoms with Crippen LogP contribution in [0.2, 0.25) is 0 Å². The molecule has 0 rings (SSSR count). The van der Waals surface area contributed by atoms with Gasteiger partial charge in [-0.15, -0.1) is 0 Å². The van der Waals surface area contributed by atoms with Gasteiger partial charge < -0.3 is 9.47 Å². The highest BCUT2D eigenvalue weighted by Gasteiger charge is 2.37. The average molecular weight is 379 g/mol. The summed E-state index contributed by atoms with van der Waals surface area (Å²) in [5.41, 5.74) is 0. The van der Waals surface area contributed by atoms with E-state index in [1.807, 2.05) is 27.7 Å². The van der Waals surface area contributed by atoms with Crippen molar-refractivity contribution in [1.82, 2.24) is 0 Å². The van der Waals surface area contributed by atoms with Crippen LogP contribution in [0.25, 0.3) is 0 Å². The number of carbonyl (C=O) groups is 2. The molecule has 0 aromatic rings. The molecule has 142 valence electrons. The lowest BCUT2D eigenvalue weighted by Gasteiger charge is -2.27. The summed E-state index contributed by atoms with van der Waals surface area (Å²) in [6.45, 7) is 16.4. The van der Waals surface area contributed by atoms with Gasteiger partial charge in [-0.05, 0) is 39.5 Å². The van der Waals surface area contributed by atoms with Crippen molar-refractivity contribution < 1.29 is 19.1 Å². The fourth-order valence-electron chi connectivity index (χ4n) is 1.30. The van der Waals surface area contributed by atoms with Gasteiger partial charge in [0, 0.05) is 0 Å². The van der Waals surface area contributed by atoms with Crippen molar-refractivity contribution in [2.24, 2.45) is 11.8 Å². The Morgan fingerprint density at radius 3 is 1.33 bits per heavy atom. The summed E-state index contributed by atoms with van der Waals surface area (Å²) >= 11 is 0. The minimum atomic E-state index is -0.716. The van der Waals surface area contributed by atoms with Gasteiger partial charge in [0.05, 0.1) is 13.2 Å². The Balaban J connectivity index is 4.49. The summed E-state index contributed by atoms with van der Waals surface area (Å²) < 4.78 is 9.35. The van der Waals surface area contributed by atoms with E-state index in [1.165, 1.54) is 21.6 Å². The van der Waals surface area contributed by atoms with Crippen molar-refractivity contribution in [2.45, 2.75) is 77.7 Å². The first-order chi connectivity index (χ1) is 11.0. The highest BCUT2D eigenvalue weighted by atomic mass is 33.1. The number of esters is 2. The third-order valence-corrected chi connectivity index (χ3v) is 7.83. The summed E-state index contributed by atoms with van der Waals surface area (Å²) in [5, 5.41) is 0. The molecule has 0 spiro atoms. The third-order valence-electron chi connectivity index (χ3n) is 3.83. The molecule has 0 aliphatic carbocycles. The fourth-order valence-corrected chi connectivity index (χ4v) is 3.62. The molecule has 24 heavy (non-hydrogen) atoms. The quantitative estimate of drug-likeness (QED) is 0.368. The lowest BCUT2D eigenvalue weighted by molar-refractivity contribution is -0.147. The molecule has 0 bridgehead atoms. The first-order valence-corrected chi connectivity index (χ1v) is 10.8. The van der Waals surface area contributed by atoms with Gasteiger partial charge >= 0.3 is 11.9 Å². The Hall–Kier alpha value is -0.360. The molecule has 0 saturated carbocycles. The van der Waals surface area contributed by atoms with Crippen LogP contribution in [0.4, 0.5) is 0 Å². The van der Waals surface area contributed by atoms with E-state index in [1.54, 1.807) is 0 Å². The second-order valence-electron chi connectivity index (χ2n) is 7.41. The monoisotopic (exact) mass is 378 g/mol. The molecule has 0 fully saturated rings. The van der Waals surface area contributed by atoms with Gasteiger partial charge in [-0.25, -0.2) is 0 Å². The summed E-state index contributed by atoms with van der Waals surface area (Å²) in [5.74, 6) is 0.219. The minimum Gasteiger partial charge on any atom is -0.464 e. The van der Waals surface area contributed by atoms with Gasteiger partial charge in [0.15, 0.2) is 0 Å². The van der Waals surface area contributed by atoms with Gasteiger partial charge in [-0.1, -0.05) is 62.1 Å². The second-order valence-corrected chi connectivity index (χ2v) is 10.8. The maximum Gasteiger partial charge on any atom is 0.322 e. The topological polar surface area (TPSA) is 52.6 Å². The molecule has 0 aliphatic rings. The standard InChI is InChI=1S/C18H34O4S2/c1-9-13(3)11-21-15(19)17(5,6)23-24-18(7,8)16(20)22-12-14(4)10-2/h13-14H,9-12H2,1-8H3.